The van der Waals surface area contributed by atoms with Gasteiger partial charge in [0.15, 0.2) is 0 Å². The molecule has 0 saturated carbocycles. The number of carbonyl (C=O) groups is 1. The van der Waals surface area contributed by atoms with E-state index >= 15 is 0 Å². The zero-order valence-corrected chi connectivity index (χ0v) is 18.5. The van der Waals surface area contributed by atoms with Crippen molar-refractivity contribution < 1.29 is 19.0 Å². The maximum absolute atomic E-state index is 12.6. The van der Waals surface area contributed by atoms with Gasteiger partial charge < -0.3 is 24.8 Å². The fourth-order valence-corrected chi connectivity index (χ4v) is 3.35. The molecule has 6 heteroatoms. The molecule has 0 aromatic heterocycles. The maximum atomic E-state index is 12.6. The molecule has 0 aliphatic rings. The fraction of sp³-hybridized carbons (Fsp3) is 0.269. The third kappa shape index (κ3) is 6.67. The third-order valence-corrected chi connectivity index (χ3v) is 5.04. The smallest absolute Gasteiger partial charge is 0.338 e. The molecule has 0 aliphatic carbocycles. The lowest BCUT2D eigenvalue weighted by Gasteiger charge is -2.20. The molecule has 0 amide bonds. The molecule has 168 valence electrons. The molecule has 32 heavy (non-hydrogen) atoms. The zero-order chi connectivity index (χ0) is 22.6. The standard InChI is InChI=1S/C26H30N2O4/c1-30-24-16-8-6-14-22(24)27-18-10-13-21(32-26(29)20-11-4-3-5-12-20)19-28-23-15-7-9-17-25(23)31-2/h3-9,11-12,14-17,21,27-28H,10,13,18-19H2,1-2H3/t21-/m1/s1. The molecule has 2 N–H and O–H groups in total. The van der Waals surface area contributed by atoms with Crippen LogP contribution < -0.4 is 20.1 Å². The van der Waals surface area contributed by atoms with Gasteiger partial charge in [-0.15, -0.1) is 0 Å². The van der Waals surface area contributed by atoms with Crippen molar-refractivity contribution in [1.82, 2.24) is 0 Å². The lowest BCUT2D eigenvalue weighted by molar-refractivity contribution is 0.0309. The molecule has 0 fully saturated rings. The van der Waals surface area contributed by atoms with Crippen molar-refractivity contribution in [3.8, 4) is 11.5 Å². The van der Waals surface area contributed by atoms with E-state index in [1.807, 2.05) is 66.7 Å². The van der Waals surface area contributed by atoms with Crippen LogP contribution in [0.25, 0.3) is 0 Å². The van der Waals surface area contributed by atoms with Gasteiger partial charge in [-0.2, -0.15) is 0 Å². The Balaban J connectivity index is 1.59. The summed E-state index contributed by atoms with van der Waals surface area (Å²) < 4.78 is 16.6. The van der Waals surface area contributed by atoms with Crippen LogP contribution in [0.4, 0.5) is 11.4 Å². The predicted molar refractivity (Wildman–Crippen MR) is 128 cm³/mol. The van der Waals surface area contributed by atoms with E-state index in [9.17, 15) is 4.79 Å². The van der Waals surface area contributed by atoms with Gasteiger partial charge in [-0.1, -0.05) is 42.5 Å². The van der Waals surface area contributed by atoms with Gasteiger partial charge in [0.2, 0.25) is 0 Å². The molecule has 0 saturated heterocycles. The number of methoxy groups -OCH3 is 2. The Morgan fingerprint density at radius 3 is 1.97 bits per heavy atom. The SMILES string of the molecule is COc1ccccc1NCCC[C@H](CNc1ccccc1OC)OC(=O)c1ccccc1. The Kier molecular flexibility index (Phi) is 8.80. The Labute approximate surface area is 189 Å². The van der Waals surface area contributed by atoms with Gasteiger partial charge in [-0.25, -0.2) is 4.79 Å². The minimum absolute atomic E-state index is 0.299. The number of nitrogens with one attached hydrogen (secondary N) is 2. The van der Waals surface area contributed by atoms with Crippen molar-refractivity contribution in [2.24, 2.45) is 0 Å². The number of hydrogen-bond donors (Lipinski definition) is 2. The summed E-state index contributed by atoms with van der Waals surface area (Å²) in [5.74, 6) is 1.23. The van der Waals surface area contributed by atoms with Crippen LogP contribution in [0.2, 0.25) is 0 Å². The molecule has 3 aromatic rings. The van der Waals surface area contributed by atoms with E-state index in [0.717, 1.165) is 35.8 Å². The van der Waals surface area contributed by atoms with E-state index in [4.69, 9.17) is 14.2 Å². The first-order chi connectivity index (χ1) is 15.7. The summed E-state index contributed by atoms with van der Waals surface area (Å²) in [5, 5.41) is 6.75. The second kappa shape index (κ2) is 12.2. The summed E-state index contributed by atoms with van der Waals surface area (Å²) in [6.07, 6.45) is 1.22. The van der Waals surface area contributed by atoms with Crippen molar-refractivity contribution >= 4 is 17.3 Å². The quantitative estimate of drug-likeness (QED) is 0.300. The van der Waals surface area contributed by atoms with Crippen LogP contribution in [0.15, 0.2) is 78.9 Å². The minimum Gasteiger partial charge on any atom is -0.495 e. The van der Waals surface area contributed by atoms with Crippen molar-refractivity contribution in [1.29, 1.82) is 0 Å². The number of esters is 1. The average Bonchev–Trinajstić information content (AvgIpc) is 2.85. The lowest BCUT2D eigenvalue weighted by atomic mass is 10.1. The summed E-state index contributed by atoms with van der Waals surface area (Å²) in [6.45, 7) is 1.21. The van der Waals surface area contributed by atoms with E-state index in [0.29, 0.717) is 18.5 Å². The first kappa shape index (κ1) is 23.0. The van der Waals surface area contributed by atoms with Gasteiger partial charge >= 0.3 is 5.97 Å². The van der Waals surface area contributed by atoms with Gasteiger partial charge in [0.1, 0.15) is 17.6 Å². The summed E-state index contributed by atoms with van der Waals surface area (Å²) >= 11 is 0. The van der Waals surface area contributed by atoms with Crippen molar-refractivity contribution in [2.75, 3.05) is 37.9 Å². The summed E-state index contributed by atoms with van der Waals surface area (Å²) in [5.41, 5.74) is 2.35. The Morgan fingerprint density at radius 2 is 1.34 bits per heavy atom. The van der Waals surface area contributed by atoms with Crippen LogP contribution in [0.1, 0.15) is 23.2 Å². The molecule has 0 spiro atoms. The summed E-state index contributed by atoms with van der Waals surface area (Å²) in [6, 6.07) is 24.5. The van der Waals surface area contributed by atoms with E-state index in [-0.39, 0.29) is 12.1 Å². The summed E-state index contributed by atoms with van der Waals surface area (Å²) in [4.78, 5) is 12.6. The van der Waals surface area contributed by atoms with E-state index in [1.54, 1.807) is 26.4 Å². The van der Waals surface area contributed by atoms with Crippen LogP contribution >= 0.6 is 0 Å². The lowest BCUT2D eigenvalue weighted by Crippen LogP contribution is -2.27. The first-order valence-electron chi connectivity index (χ1n) is 10.7. The van der Waals surface area contributed by atoms with Gasteiger partial charge in [0.25, 0.3) is 0 Å². The number of anilines is 2. The topological polar surface area (TPSA) is 68.8 Å². The van der Waals surface area contributed by atoms with E-state index in [2.05, 4.69) is 10.6 Å². The monoisotopic (exact) mass is 434 g/mol. The highest BCUT2D eigenvalue weighted by atomic mass is 16.5. The van der Waals surface area contributed by atoms with Crippen LogP contribution in [0, 0.1) is 0 Å². The number of carbonyl (C=O) groups excluding carboxylic acids is 1. The van der Waals surface area contributed by atoms with Gasteiger partial charge in [0.05, 0.1) is 37.7 Å². The summed E-state index contributed by atoms with van der Waals surface area (Å²) in [7, 11) is 3.29. The molecule has 6 nitrogen and oxygen atoms in total. The van der Waals surface area contributed by atoms with E-state index < -0.39 is 0 Å². The molecular weight excluding hydrogens is 404 g/mol. The molecule has 0 heterocycles. The molecule has 0 unspecified atom stereocenters. The largest absolute Gasteiger partial charge is 0.495 e. The molecule has 0 bridgehead atoms. The number of hydrogen-bond acceptors (Lipinski definition) is 6. The second-order valence-electron chi connectivity index (χ2n) is 7.24. The molecule has 3 aromatic carbocycles. The van der Waals surface area contributed by atoms with Crippen molar-refractivity contribution in [3.63, 3.8) is 0 Å². The van der Waals surface area contributed by atoms with Crippen LogP contribution in [0.3, 0.4) is 0 Å². The third-order valence-electron chi connectivity index (χ3n) is 5.04. The van der Waals surface area contributed by atoms with Gasteiger partial charge in [0, 0.05) is 6.54 Å². The Hall–Kier alpha value is -3.67. The Bertz CT molecular complexity index is 978. The van der Waals surface area contributed by atoms with Crippen LogP contribution in [-0.2, 0) is 4.74 Å². The normalized spacial score (nSPS) is 11.3. The van der Waals surface area contributed by atoms with Gasteiger partial charge in [-0.05, 0) is 49.2 Å². The molecular formula is C26H30N2O4. The minimum atomic E-state index is -0.324. The van der Waals surface area contributed by atoms with Gasteiger partial charge in [-0.3, -0.25) is 0 Å². The second-order valence-corrected chi connectivity index (χ2v) is 7.24. The molecule has 1 atom stereocenters. The predicted octanol–water partition coefficient (Wildman–Crippen LogP) is 5.23. The number of benzene rings is 3. The highest BCUT2D eigenvalue weighted by molar-refractivity contribution is 5.89. The number of ether oxygens (including phenoxy) is 3. The number of rotatable bonds is 12. The molecule has 0 aliphatic heterocycles. The highest BCUT2D eigenvalue weighted by Gasteiger charge is 2.17. The van der Waals surface area contributed by atoms with Crippen molar-refractivity contribution in [3.05, 3.63) is 84.4 Å². The molecule has 0 radical (unpaired) electrons. The fourth-order valence-electron chi connectivity index (χ4n) is 3.35. The van der Waals surface area contributed by atoms with E-state index in [1.165, 1.54) is 0 Å². The van der Waals surface area contributed by atoms with Crippen LogP contribution in [-0.4, -0.2) is 39.4 Å². The zero-order valence-electron chi connectivity index (χ0n) is 18.5. The Morgan fingerprint density at radius 1 is 0.781 bits per heavy atom. The maximum Gasteiger partial charge on any atom is 0.338 e. The first-order valence-corrected chi connectivity index (χ1v) is 10.7. The average molecular weight is 435 g/mol. The molecule has 3 rings (SSSR count). The number of para-hydroxylation sites is 4. The van der Waals surface area contributed by atoms with Crippen molar-refractivity contribution in [2.45, 2.75) is 18.9 Å². The van der Waals surface area contributed by atoms with Crippen LogP contribution in [0.5, 0.6) is 11.5 Å². The highest BCUT2D eigenvalue weighted by Crippen LogP contribution is 2.24.